The van der Waals surface area contributed by atoms with Gasteiger partial charge in [0.05, 0.1) is 13.2 Å². The molecule has 0 fully saturated rings. The van der Waals surface area contributed by atoms with Crippen LogP contribution in [-0.2, 0) is 11.3 Å². The predicted octanol–water partition coefficient (Wildman–Crippen LogP) is 5.28. The predicted molar refractivity (Wildman–Crippen MR) is 107 cm³/mol. The lowest BCUT2D eigenvalue weighted by molar-refractivity contribution is 0.110. The third-order valence-electron chi connectivity index (χ3n) is 3.97. The van der Waals surface area contributed by atoms with Gasteiger partial charge in [-0.2, -0.15) is 0 Å². The third-order valence-corrected chi connectivity index (χ3v) is 3.97. The Morgan fingerprint density at radius 1 is 0.808 bits per heavy atom. The van der Waals surface area contributed by atoms with E-state index in [1.165, 1.54) is 18.4 Å². The molecule has 0 atom stereocenters. The van der Waals surface area contributed by atoms with Crippen LogP contribution in [0.5, 0.6) is 11.5 Å². The van der Waals surface area contributed by atoms with Gasteiger partial charge < -0.3 is 19.5 Å². The van der Waals surface area contributed by atoms with Crippen LogP contribution in [0.1, 0.15) is 38.7 Å². The van der Waals surface area contributed by atoms with Gasteiger partial charge in [0.1, 0.15) is 18.1 Å². The number of benzene rings is 2. The molecule has 0 aliphatic rings. The summed E-state index contributed by atoms with van der Waals surface area (Å²) in [7, 11) is 0. The maximum absolute atomic E-state index is 5.75. The molecule has 0 radical (unpaired) electrons. The highest BCUT2D eigenvalue weighted by Gasteiger charge is 1.99. The number of hydrogen-bond donors (Lipinski definition) is 1. The second kappa shape index (κ2) is 12.2. The Kier molecular flexibility index (Phi) is 9.44. The van der Waals surface area contributed by atoms with Crippen molar-refractivity contribution in [1.82, 2.24) is 0 Å². The summed E-state index contributed by atoms with van der Waals surface area (Å²) in [5, 5.41) is 3.43. The molecule has 0 aliphatic carbocycles. The summed E-state index contributed by atoms with van der Waals surface area (Å²) in [4.78, 5) is 0. The van der Waals surface area contributed by atoms with Crippen LogP contribution in [0.2, 0.25) is 0 Å². The topological polar surface area (TPSA) is 39.7 Å². The van der Waals surface area contributed by atoms with Gasteiger partial charge in [-0.05, 0) is 43.2 Å². The molecule has 2 aromatic carbocycles. The molecule has 2 rings (SSSR count). The van der Waals surface area contributed by atoms with Crippen molar-refractivity contribution >= 4 is 5.69 Å². The Morgan fingerprint density at radius 3 is 2.38 bits per heavy atom. The van der Waals surface area contributed by atoms with Crippen LogP contribution in [-0.4, -0.2) is 26.4 Å². The highest BCUT2D eigenvalue weighted by atomic mass is 16.5. The quantitative estimate of drug-likeness (QED) is 0.495. The molecule has 142 valence electrons. The minimum absolute atomic E-state index is 0.566. The zero-order valence-corrected chi connectivity index (χ0v) is 16.0. The number of unbranched alkanes of at least 4 members (excludes halogenated alkanes) is 2. The monoisotopic (exact) mass is 357 g/mol. The van der Waals surface area contributed by atoms with Crippen molar-refractivity contribution in [3.63, 3.8) is 0 Å². The van der Waals surface area contributed by atoms with E-state index in [0.29, 0.717) is 19.8 Å². The van der Waals surface area contributed by atoms with Gasteiger partial charge >= 0.3 is 0 Å². The van der Waals surface area contributed by atoms with E-state index in [0.717, 1.165) is 36.8 Å². The van der Waals surface area contributed by atoms with E-state index in [2.05, 4.69) is 24.4 Å². The maximum atomic E-state index is 5.75. The molecule has 4 nitrogen and oxygen atoms in total. The van der Waals surface area contributed by atoms with Crippen LogP contribution in [0.3, 0.4) is 0 Å². The molecule has 0 spiro atoms. The minimum atomic E-state index is 0.566. The highest BCUT2D eigenvalue weighted by Crippen LogP contribution is 2.19. The fourth-order valence-corrected chi connectivity index (χ4v) is 2.51. The van der Waals surface area contributed by atoms with Gasteiger partial charge in [0.15, 0.2) is 0 Å². The van der Waals surface area contributed by atoms with Gasteiger partial charge in [0.2, 0.25) is 0 Å². The lowest BCUT2D eigenvalue weighted by Gasteiger charge is -2.11. The van der Waals surface area contributed by atoms with Crippen LogP contribution in [0.4, 0.5) is 5.69 Å². The number of ether oxygens (including phenoxy) is 3. The summed E-state index contributed by atoms with van der Waals surface area (Å²) in [6.07, 6.45) is 3.55. The zero-order chi connectivity index (χ0) is 18.5. The van der Waals surface area contributed by atoms with Crippen molar-refractivity contribution in [3.05, 3.63) is 54.1 Å². The van der Waals surface area contributed by atoms with Gasteiger partial charge in [-0.3, -0.25) is 0 Å². The van der Waals surface area contributed by atoms with Gasteiger partial charge in [0.25, 0.3) is 0 Å². The van der Waals surface area contributed by atoms with E-state index in [4.69, 9.17) is 14.2 Å². The van der Waals surface area contributed by atoms with Crippen molar-refractivity contribution in [1.29, 1.82) is 0 Å². The van der Waals surface area contributed by atoms with Gasteiger partial charge in [-0.25, -0.2) is 0 Å². The van der Waals surface area contributed by atoms with Gasteiger partial charge in [-0.1, -0.05) is 38.0 Å². The summed E-state index contributed by atoms with van der Waals surface area (Å²) in [6, 6.07) is 16.3. The molecule has 0 heterocycles. The van der Waals surface area contributed by atoms with Crippen LogP contribution >= 0.6 is 0 Å². The van der Waals surface area contributed by atoms with E-state index < -0.39 is 0 Å². The summed E-state index contributed by atoms with van der Waals surface area (Å²) >= 11 is 0. The lowest BCUT2D eigenvalue weighted by Crippen LogP contribution is -2.06. The summed E-state index contributed by atoms with van der Waals surface area (Å²) in [6.45, 7) is 7.63. The molecule has 0 amide bonds. The Balaban J connectivity index is 1.75. The fourth-order valence-electron chi connectivity index (χ4n) is 2.51. The summed E-state index contributed by atoms with van der Waals surface area (Å²) < 4.78 is 16.7. The van der Waals surface area contributed by atoms with E-state index in [9.17, 15) is 0 Å². The molecule has 4 heteroatoms. The largest absolute Gasteiger partial charge is 0.494 e. The summed E-state index contributed by atoms with van der Waals surface area (Å²) in [5.74, 6) is 1.79. The Labute approximate surface area is 157 Å². The molecule has 0 saturated heterocycles. The first kappa shape index (κ1) is 20.1. The molecule has 0 aromatic heterocycles. The van der Waals surface area contributed by atoms with Crippen molar-refractivity contribution in [2.24, 2.45) is 0 Å². The second-order valence-electron chi connectivity index (χ2n) is 6.13. The van der Waals surface area contributed by atoms with E-state index in [-0.39, 0.29) is 0 Å². The number of nitrogens with one attached hydrogen (secondary N) is 1. The highest BCUT2D eigenvalue weighted by molar-refractivity contribution is 5.48. The van der Waals surface area contributed by atoms with Crippen LogP contribution in [0.15, 0.2) is 48.5 Å². The van der Waals surface area contributed by atoms with Crippen LogP contribution < -0.4 is 14.8 Å². The molecular weight excluding hydrogens is 326 g/mol. The number of hydrogen-bond acceptors (Lipinski definition) is 4. The smallest absolute Gasteiger partial charge is 0.121 e. The first-order valence-electron chi connectivity index (χ1n) is 9.58. The standard InChI is InChI=1S/C22H31NO3/c1-3-5-6-14-25-21-12-10-19(11-13-21)18-23-20-8-7-9-22(17-20)26-16-15-24-4-2/h7-13,17,23H,3-6,14-16,18H2,1-2H3. The SMILES string of the molecule is CCCCCOc1ccc(CNc2cccc(OCCOCC)c2)cc1. The Hall–Kier alpha value is -2.20. The molecule has 2 aromatic rings. The normalized spacial score (nSPS) is 10.5. The Bertz CT molecular complexity index is 613. The van der Waals surface area contributed by atoms with Crippen molar-refractivity contribution in [3.8, 4) is 11.5 Å². The van der Waals surface area contributed by atoms with E-state index >= 15 is 0 Å². The first-order valence-corrected chi connectivity index (χ1v) is 9.58. The van der Waals surface area contributed by atoms with Crippen molar-refractivity contribution in [2.45, 2.75) is 39.7 Å². The lowest BCUT2D eigenvalue weighted by atomic mass is 10.2. The Morgan fingerprint density at radius 2 is 1.62 bits per heavy atom. The molecule has 0 bridgehead atoms. The summed E-state index contributed by atoms with van der Waals surface area (Å²) in [5.41, 5.74) is 2.26. The average Bonchev–Trinajstić information content (AvgIpc) is 2.68. The van der Waals surface area contributed by atoms with Crippen molar-refractivity contribution < 1.29 is 14.2 Å². The fraction of sp³-hybridized carbons (Fsp3) is 0.455. The molecule has 26 heavy (non-hydrogen) atoms. The molecule has 0 saturated carbocycles. The maximum Gasteiger partial charge on any atom is 0.121 e. The van der Waals surface area contributed by atoms with E-state index in [1.54, 1.807) is 0 Å². The molecular formula is C22H31NO3. The first-order chi connectivity index (χ1) is 12.8. The van der Waals surface area contributed by atoms with E-state index in [1.807, 2.05) is 43.3 Å². The van der Waals surface area contributed by atoms with Gasteiger partial charge in [0, 0.05) is 24.9 Å². The zero-order valence-electron chi connectivity index (χ0n) is 16.0. The average molecular weight is 357 g/mol. The van der Waals surface area contributed by atoms with Crippen LogP contribution in [0, 0.1) is 0 Å². The molecule has 0 unspecified atom stereocenters. The molecule has 1 N–H and O–H groups in total. The van der Waals surface area contributed by atoms with Crippen molar-refractivity contribution in [2.75, 3.05) is 31.7 Å². The van der Waals surface area contributed by atoms with Gasteiger partial charge in [-0.15, -0.1) is 0 Å². The number of rotatable bonds is 13. The molecule has 0 aliphatic heterocycles. The minimum Gasteiger partial charge on any atom is -0.494 e. The van der Waals surface area contributed by atoms with Crippen LogP contribution in [0.25, 0.3) is 0 Å². The number of anilines is 1. The second-order valence-corrected chi connectivity index (χ2v) is 6.13. The third kappa shape index (κ3) is 7.79.